The van der Waals surface area contributed by atoms with Crippen LogP contribution in [0.4, 0.5) is 5.69 Å². The van der Waals surface area contributed by atoms with E-state index in [-0.39, 0.29) is 11.8 Å². The third-order valence-corrected chi connectivity index (χ3v) is 3.62. The molecule has 0 saturated carbocycles. The van der Waals surface area contributed by atoms with Crippen molar-refractivity contribution in [3.8, 4) is 0 Å². The Bertz CT molecular complexity index is 841. The standard InChI is InChI=1S/C18H18N4O3/c1-13(20-18(24)15-6-9-25-12-15)17(23)21-16-5-2-4-14(10-16)11-22-8-3-7-19-22/h2-10,12-13H,11H2,1H3,(H,20,24)(H,21,23)/t13-/m1/s1. The van der Waals surface area contributed by atoms with E-state index in [1.165, 1.54) is 12.5 Å². The van der Waals surface area contributed by atoms with E-state index >= 15 is 0 Å². The first-order valence-corrected chi connectivity index (χ1v) is 7.82. The van der Waals surface area contributed by atoms with Crippen molar-refractivity contribution >= 4 is 17.5 Å². The molecular weight excluding hydrogens is 320 g/mol. The van der Waals surface area contributed by atoms with Gasteiger partial charge in [-0.1, -0.05) is 12.1 Å². The zero-order valence-electron chi connectivity index (χ0n) is 13.7. The van der Waals surface area contributed by atoms with Crippen LogP contribution < -0.4 is 10.6 Å². The number of benzene rings is 1. The van der Waals surface area contributed by atoms with Gasteiger partial charge < -0.3 is 15.1 Å². The van der Waals surface area contributed by atoms with Crippen molar-refractivity contribution in [3.05, 3.63) is 72.4 Å². The van der Waals surface area contributed by atoms with E-state index in [2.05, 4.69) is 15.7 Å². The minimum absolute atomic E-state index is 0.298. The van der Waals surface area contributed by atoms with E-state index in [9.17, 15) is 9.59 Å². The Morgan fingerprint density at radius 3 is 2.88 bits per heavy atom. The first-order chi connectivity index (χ1) is 12.1. The van der Waals surface area contributed by atoms with Gasteiger partial charge >= 0.3 is 0 Å². The maximum atomic E-state index is 12.3. The summed E-state index contributed by atoms with van der Waals surface area (Å²) in [6.07, 6.45) is 6.33. The van der Waals surface area contributed by atoms with Gasteiger partial charge in [-0.25, -0.2) is 0 Å². The van der Waals surface area contributed by atoms with E-state index in [4.69, 9.17) is 4.42 Å². The molecule has 0 spiro atoms. The normalized spacial score (nSPS) is 11.7. The lowest BCUT2D eigenvalue weighted by Crippen LogP contribution is -2.41. The molecule has 1 atom stereocenters. The molecule has 0 aliphatic rings. The molecule has 3 aromatic rings. The van der Waals surface area contributed by atoms with Crippen LogP contribution in [0.5, 0.6) is 0 Å². The predicted molar refractivity (Wildman–Crippen MR) is 92.0 cm³/mol. The molecule has 7 nitrogen and oxygen atoms in total. The lowest BCUT2D eigenvalue weighted by Gasteiger charge is -2.14. The van der Waals surface area contributed by atoms with E-state index in [1.807, 2.05) is 30.5 Å². The molecular formula is C18H18N4O3. The van der Waals surface area contributed by atoms with Crippen LogP contribution in [-0.4, -0.2) is 27.6 Å². The Labute approximate surface area is 144 Å². The topological polar surface area (TPSA) is 89.2 Å². The molecule has 0 radical (unpaired) electrons. The number of rotatable bonds is 6. The number of nitrogens with zero attached hydrogens (tertiary/aromatic N) is 2. The van der Waals surface area contributed by atoms with Crippen molar-refractivity contribution in [1.29, 1.82) is 0 Å². The fourth-order valence-corrected chi connectivity index (χ4v) is 2.32. The van der Waals surface area contributed by atoms with E-state index in [1.54, 1.807) is 29.9 Å². The van der Waals surface area contributed by atoms with Gasteiger partial charge in [-0.05, 0) is 36.8 Å². The highest BCUT2D eigenvalue weighted by molar-refractivity contribution is 6.00. The van der Waals surface area contributed by atoms with Gasteiger partial charge in [0.05, 0.1) is 18.4 Å². The van der Waals surface area contributed by atoms with Crippen LogP contribution in [0.3, 0.4) is 0 Å². The largest absolute Gasteiger partial charge is 0.472 e. The molecule has 2 heterocycles. The average Bonchev–Trinajstić information content (AvgIpc) is 3.28. The summed E-state index contributed by atoms with van der Waals surface area (Å²) in [6, 6.07) is 10.2. The summed E-state index contributed by atoms with van der Waals surface area (Å²) in [4.78, 5) is 24.2. The molecule has 25 heavy (non-hydrogen) atoms. The highest BCUT2D eigenvalue weighted by Gasteiger charge is 2.17. The number of hydrogen-bond donors (Lipinski definition) is 2. The van der Waals surface area contributed by atoms with Gasteiger partial charge in [-0.2, -0.15) is 5.10 Å². The number of anilines is 1. The van der Waals surface area contributed by atoms with Crippen molar-refractivity contribution in [2.24, 2.45) is 0 Å². The number of nitrogens with one attached hydrogen (secondary N) is 2. The monoisotopic (exact) mass is 338 g/mol. The third kappa shape index (κ3) is 4.35. The molecule has 0 fully saturated rings. The maximum Gasteiger partial charge on any atom is 0.255 e. The molecule has 0 bridgehead atoms. The fourth-order valence-electron chi connectivity index (χ4n) is 2.32. The third-order valence-electron chi connectivity index (χ3n) is 3.62. The average molecular weight is 338 g/mol. The number of furan rings is 1. The van der Waals surface area contributed by atoms with Gasteiger partial charge in [-0.15, -0.1) is 0 Å². The molecule has 2 N–H and O–H groups in total. The fraction of sp³-hybridized carbons (Fsp3) is 0.167. The number of hydrogen-bond acceptors (Lipinski definition) is 4. The van der Waals surface area contributed by atoms with Crippen LogP contribution in [-0.2, 0) is 11.3 Å². The van der Waals surface area contributed by atoms with Gasteiger partial charge in [0, 0.05) is 18.1 Å². The van der Waals surface area contributed by atoms with Crippen molar-refractivity contribution in [2.45, 2.75) is 19.5 Å². The molecule has 0 aliphatic heterocycles. The Morgan fingerprint density at radius 1 is 1.28 bits per heavy atom. The quantitative estimate of drug-likeness (QED) is 0.721. The summed E-state index contributed by atoms with van der Waals surface area (Å²) in [5.74, 6) is -0.656. The van der Waals surface area contributed by atoms with E-state index in [0.717, 1.165) is 5.56 Å². The van der Waals surface area contributed by atoms with Crippen molar-refractivity contribution < 1.29 is 14.0 Å². The predicted octanol–water partition coefficient (Wildman–Crippen LogP) is 2.28. The summed E-state index contributed by atoms with van der Waals surface area (Å²) in [5, 5.41) is 9.60. The number of amides is 2. The first-order valence-electron chi connectivity index (χ1n) is 7.82. The molecule has 3 rings (SSSR count). The molecule has 2 aromatic heterocycles. The second kappa shape index (κ2) is 7.48. The molecule has 0 aliphatic carbocycles. The smallest absolute Gasteiger partial charge is 0.255 e. The molecule has 0 unspecified atom stereocenters. The summed E-state index contributed by atoms with van der Waals surface area (Å²) < 4.78 is 6.66. The van der Waals surface area contributed by atoms with Crippen molar-refractivity contribution in [3.63, 3.8) is 0 Å². The SMILES string of the molecule is C[C@@H](NC(=O)c1ccoc1)C(=O)Nc1cccc(Cn2cccn2)c1. The van der Waals surface area contributed by atoms with E-state index < -0.39 is 6.04 Å². The minimum atomic E-state index is -0.683. The van der Waals surface area contributed by atoms with Gasteiger partial charge in [0.15, 0.2) is 0 Å². The van der Waals surface area contributed by atoms with Gasteiger partial charge in [0.1, 0.15) is 12.3 Å². The van der Waals surface area contributed by atoms with Crippen molar-refractivity contribution in [1.82, 2.24) is 15.1 Å². The lowest BCUT2D eigenvalue weighted by atomic mass is 10.2. The Hall–Kier alpha value is -3.35. The highest BCUT2D eigenvalue weighted by atomic mass is 16.3. The Morgan fingerprint density at radius 2 is 2.16 bits per heavy atom. The molecule has 0 saturated heterocycles. The van der Waals surface area contributed by atoms with Crippen LogP contribution in [0.15, 0.2) is 65.7 Å². The highest BCUT2D eigenvalue weighted by Crippen LogP contribution is 2.12. The van der Waals surface area contributed by atoms with Crippen LogP contribution in [0, 0.1) is 0 Å². The summed E-state index contributed by atoms with van der Waals surface area (Å²) >= 11 is 0. The second-order valence-electron chi connectivity index (χ2n) is 5.60. The molecule has 1 aromatic carbocycles. The minimum Gasteiger partial charge on any atom is -0.472 e. The van der Waals surface area contributed by atoms with Gasteiger partial charge in [0.2, 0.25) is 5.91 Å². The summed E-state index contributed by atoms with van der Waals surface area (Å²) in [5.41, 5.74) is 2.05. The van der Waals surface area contributed by atoms with Gasteiger partial charge in [-0.3, -0.25) is 14.3 Å². The number of carbonyl (C=O) groups is 2. The zero-order valence-corrected chi connectivity index (χ0v) is 13.7. The number of carbonyl (C=O) groups excluding carboxylic acids is 2. The molecule has 7 heteroatoms. The molecule has 2 amide bonds. The second-order valence-corrected chi connectivity index (χ2v) is 5.60. The van der Waals surface area contributed by atoms with E-state index in [0.29, 0.717) is 17.8 Å². The zero-order chi connectivity index (χ0) is 17.6. The Balaban J connectivity index is 1.59. The van der Waals surface area contributed by atoms with Crippen LogP contribution in [0.1, 0.15) is 22.8 Å². The van der Waals surface area contributed by atoms with Crippen LogP contribution in [0.25, 0.3) is 0 Å². The summed E-state index contributed by atoms with van der Waals surface area (Å²) in [7, 11) is 0. The first kappa shape index (κ1) is 16.5. The number of aromatic nitrogens is 2. The van der Waals surface area contributed by atoms with Crippen LogP contribution in [0.2, 0.25) is 0 Å². The molecule has 128 valence electrons. The Kier molecular flexibility index (Phi) is 4.94. The summed E-state index contributed by atoms with van der Waals surface area (Å²) in [6.45, 7) is 2.24. The maximum absolute atomic E-state index is 12.3. The van der Waals surface area contributed by atoms with Gasteiger partial charge in [0.25, 0.3) is 5.91 Å². The van der Waals surface area contributed by atoms with Crippen LogP contribution >= 0.6 is 0 Å². The van der Waals surface area contributed by atoms with Crippen molar-refractivity contribution in [2.75, 3.05) is 5.32 Å². The lowest BCUT2D eigenvalue weighted by molar-refractivity contribution is -0.117.